The molecule has 0 aliphatic heterocycles. The minimum Gasteiger partial charge on any atom is -0.480 e. The third-order valence-electron chi connectivity index (χ3n) is 3.84. The quantitative estimate of drug-likeness (QED) is 0.823. The summed E-state index contributed by atoms with van der Waals surface area (Å²) in [6.07, 6.45) is 1.84. The molecule has 4 nitrogen and oxygen atoms in total. The predicted octanol–water partition coefficient (Wildman–Crippen LogP) is 1.71. The van der Waals surface area contributed by atoms with E-state index in [2.05, 4.69) is 5.32 Å². The first-order chi connectivity index (χ1) is 8.99. The summed E-state index contributed by atoms with van der Waals surface area (Å²) in [5.41, 5.74) is -0.275. The molecule has 1 aliphatic carbocycles. The molecule has 1 atom stereocenters. The Morgan fingerprint density at radius 2 is 2.26 bits per heavy atom. The maximum Gasteiger partial charge on any atom is 0.326 e. The van der Waals surface area contributed by atoms with E-state index in [0.717, 1.165) is 12.8 Å². The second kappa shape index (κ2) is 5.17. The van der Waals surface area contributed by atoms with Crippen LogP contribution >= 0.6 is 0 Å². The van der Waals surface area contributed by atoms with Crippen LogP contribution in [-0.2, 0) is 4.79 Å². The molecular weight excluding hydrogens is 247 g/mol. The number of likely N-dealkylation sites (N-methyl/N-ethyl adjacent to an activating group) is 2. The van der Waals surface area contributed by atoms with Crippen LogP contribution in [0.2, 0.25) is 0 Å². The SMILES string of the molecule is CNC(CN(C)c1cccc(F)c1)(C(=O)O)C1CC1. The van der Waals surface area contributed by atoms with Gasteiger partial charge in [-0.1, -0.05) is 6.07 Å². The van der Waals surface area contributed by atoms with Crippen molar-refractivity contribution >= 4 is 11.7 Å². The lowest BCUT2D eigenvalue weighted by Gasteiger charge is -2.34. The van der Waals surface area contributed by atoms with Gasteiger partial charge in [0.25, 0.3) is 0 Å². The third kappa shape index (κ3) is 2.71. The van der Waals surface area contributed by atoms with Crippen molar-refractivity contribution in [1.29, 1.82) is 0 Å². The number of nitrogens with zero attached hydrogens (tertiary/aromatic N) is 1. The van der Waals surface area contributed by atoms with Crippen LogP contribution in [0.4, 0.5) is 10.1 Å². The molecule has 0 radical (unpaired) electrons. The lowest BCUT2D eigenvalue weighted by atomic mass is 9.92. The highest BCUT2D eigenvalue weighted by Gasteiger charge is 2.50. The number of anilines is 1. The molecule has 1 saturated carbocycles. The number of hydrogen-bond donors (Lipinski definition) is 2. The summed E-state index contributed by atoms with van der Waals surface area (Å²) in [5, 5.41) is 12.5. The highest BCUT2D eigenvalue weighted by molar-refractivity contribution is 5.81. The highest BCUT2D eigenvalue weighted by atomic mass is 19.1. The van der Waals surface area contributed by atoms with E-state index >= 15 is 0 Å². The van der Waals surface area contributed by atoms with Crippen LogP contribution in [0.15, 0.2) is 24.3 Å². The first-order valence-corrected chi connectivity index (χ1v) is 6.38. The Morgan fingerprint density at radius 1 is 1.58 bits per heavy atom. The fourth-order valence-corrected chi connectivity index (χ4v) is 2.52. The molecule has 0 amide bonds. The first kappa shape index (κ1) is 13.8. The van der Waals surface area contributed by atoms with Crippen molar-refractivity contribution < 1.29 is 14.3 Å². The molecule has 0 spiro atoms. The monoisotopic (exact) mass is 266 g/mol. The van der Waals surface area contributed by atoms with Crippen molar-refractivity contribution in [3.8, 4) is 0 Å². The first-order valence-electron chi connectivity index (χ1n) is 6.38. The van der Waals surface area contributed by atoms with Crippen molar-refractivity contribution in [2.24, 2.45) is 5.92 Å². The van der Waals surface area contributed by atoms with Crippen molar-refractivity contribution in [3.63, 3.8) is 0 Å². The van der Waals surface area contributed by atoms with Gasteiger partial charge in [0.05, 0.1) is 0 Å². The topological polar surface area (TPSA) is 52.6 Å². The molecule has 1 aliphatic rings. The number of rotatable bonds is 6. The number of halogens is 1. The van der Waals surface area contributed by atoms with Gasteiger partial charge in [-0.15, -0.1) is 0 Å². The minimum atomic E-state index is -0.957. The number of carboxylic acids is 1. The van der Waals surface area contributed by atoms with Gasteiger partial charge in [0.2, 0.25) is 0 Å². The zero-order valence-corrected chi connectivity index (χ0v) is 11.2. The fourth-order valence-electron chi connectivity index (χ4n) is 2.52. The maximum absolute atomic E-state index is 13.2. The smallest absolute Gasteiger partial charge is 0.326 e. The van der Waals surface area contributed by atoms with Gasteiger partial charge < -0.3 is 15.3 Å². The van der Waals surface area contributed by atoms with Crippen LogP contribution in [0.5, 0.6) is 0 Å². The molecule has 2 N–H and O–H groups in total. The molecule has 0 bridgehead atoms. The Hall–Kier alpha value is -1.62. The van der Waals surface area contributed by atoms with E-state index in [9.17, 15) is 14.3 Å². The van der Waals surface area contributed by atoms with Gasteiger partial charge in [0.15, 0.2) is 0 Å². The van der Waals surface area contributed by atoms with Gasteiger partial charge in [-0.3, -0.25) is 4.79 Å². The molecule has 0 heterocycles. The summed E-state index contributed by atoms with van der Waals surface area (Å²) in [4.78, 5) is 13.4. The Bertz CT molecular complexity index is 476. The molecule has 0 saturated heterocycles. The van der Waals surface area contributed by atoms with Crippen molar-refractivity contribution in [3.05, 3.63) is 30.1 Å². The van der Waals surface area contributed by atoms with Crippen molar-refractivity contribution in [2.45, 2.75) is 18.4 Å². The fraction of sp³-hybridized carbons (Fsp3) is 0.500. The number of nitrogens with one attached hydrogen (secondary N) is 1. The van der Waals surface area contributed by atoms with Gasteiger partial charge in [-0.05, 0) is 44.0 Å². The van der Waals surface area contributed by atoms with Crippen LogP contribution in [0.3, 0.4) is 0 Å². The summed E-state index contributed by atoms with van der Waals surface area (Å²) in [5.74, 6) is -1.02. The van der Waals surface area contributed by atoms with Crippen LogP contribution in [0.25, 0.3) is 0 Å². The van der Waals surface area contributed by atoms with Gasteiger partial charge in [-0.25, -0.2) is 4.39 Å². The van der Waals surface area contributed by atoms with Crippen LogP contribution in [0, 0.1) is 11.7 Å². The molecule has 5 heteroatoms. The maximum atomic E-state index is 13.2. The molecule has 1 fully saturated rings. The molecule has 0 aromatic heterocycles. The lowest BCUT2D eigenvalue weighted by molar-refractivity contribution is -0.145. The number of benzene rings is 1. The number of hydrogen-bond acceptors (Lipinski definition) is 3. The van der Waals surface area contributed by atoms with E-state index in [4.69, 9.17) is 0 Å². The summed E-state index contributed by atoms with van der Waals surface area (Å²) in [6, 6.07) is 6.19. The van der Waals surface area contributed by atoms with E-state index < -0.39 is 11.5 Å². The Morgan fingerprint density at radius 3 is 2.74 bits per heavy atom. The van der Waals surface area contributed by atoms with Gasteiger partial charge in [0, 0.05) is 19.3 Å². The number of aliphatic carboxylic acids is 1. The third-order valence-corrected chi connectivity index (χ3v) is 3.84. The summed E-state index contributed by atoms with van der Waals surface area (Å²) in [7, 11) is 3.46. The van der Waals surface area contributed by atoms with Crippen molar-refractivity contribution in [1.82, 2.24) is 5.32 Å². The number of carboxylic acid groups (broad SMARTS) is 1. The molecule has 2 rings (SSSR count). The van der Waals surface area contributed by atoms with Gasteiger partial charge >= 0.3 is 5.97 Å². The van der Waals surface area contributed by atoms with Gasteiger partial charge in [0.1, 0.15) is 11.4 Å². The normalized spacial score (nSPS) is 17.8. The van der Waals surface area contributed by atoms with Crippen LogP contribution in [0.1, 0.15) is 12.8 Å². The zero-order valence-electron chi connectivity index (χ0n) is 11.2. The number of carbonyl (C=O) groups is 1. The second-order valence-corrected chi connectivity index (χ2v) is 5.14. The van der Waals surface area contributed by atoms with E-state index in [-0.39, 0.29) is 11.7 Å². The molecule has 19 heavy (non-hydrogen) atoms. The Balaban J connectivity index is 2.19. The van der Waals surface area contributed by atoms with Gasteiger partial charge in [-0.2, -0.15) is 0 Å². The summed E-state index contributed by atoms with van der Waals surface area (Å²) < 4.78 is 13.2. The average molecular weight is 266 g/mol. The lowest BCUT2D eigenvalue weighted by Crippen LogP contribution is -2.59. The predicted molar refractivity (Wildman–Crippen MR) is 71.8 cm³/mol. The van der Waals surface area contributed by atoms with E-state index in [0.29, 0.717) is 12.2 Å². The van der Waals surface area contributed by atoms with Crippen LogP contribution in [-0.4, -0.2) is 37.3 Å². The minimum absolute atomic E-state index is 0.144. The molecular formula is C14H19FN2O2. The molecule has 1 aromatic carbocycles. The van der Waals surface area contributed by atoms with E-state index in [1.807, 2.05) is 0 Å². The summed E-state index contributed by atoms with van der Waals surface area (Å²) >= 11 is 0. The summed E-state index contributed by atoms with van der Waals surface area (Å²) in [6.45, 7) is 0.312. The van der Waals surface area contributed by atoms with Crippen molar-refractivity contribution in [2.75, 3.05) is 25.5 Å². The zero-order chi connectivity index (χ0) is 14.0. The largest absolute Gasteiger partial charge is 0.480 e. The molecule has 1 aromatic rings. The second-order valence-electron chi connectivity index (χ2n) is 5.14. The van der Waals surface area contributed by atoms with E-state index in [1.54, 1.807) is 31.1 Å². The van der Waals surface area contributed by atoms with Crippen LogP contribution < -0.4 is 10.2 Å². The Labute approximate surface area is 112 Å². The molecule has 104 valence electrons. The molecule has 1 unspecified atom stereocenters. The standard InChI is InChI=1S/C14H19FN2O2/c1-16-14(13(18)19,10-6-7-10)9-17(2)12-5-3-4-11(15)8-12/h3-5,8,10,16H,6-7,9H2,1-2H3,(H,18,19). The average Bonchev–Trinajstić information content (AvgIpc) is 3.20. The van der Waals surface area contributed by atoms with E-state index in [1.165, 1.54) is 12.1 Å². The highest BCUT2D eigenvalue weighted by Crippen LogP contribution is 2.40. The Kier molecular flexibility index (Phi) is 3.75.